The summed E-state index contributed by atoms with van der Waals surface area (Å²) in [5, 5.41) is 15.9. The second-order valence-electron chi connectivity index (χ2n) is 8.27. The third kappa shape index (κ3) is 5.25. The second-order valence-corrected chi connectivity index (χ2v) is 9.44. The highest BCUT2D eigenvalue weighted by molar-refractivity contribution is 7.15. The number of halogens is 2. The zero-order valence-corrected chi connectivity index (χ0v) is 20.5. The summed E-state index contributed by atoms with van der Waals surface area (Å²) in [7, 11) is 0. The molecule has 0 fully saturated rings. The van der Waals surface area contributed by atoms with Gasteiger partial charge in [0, 0.05) is 27.9 Å². The van der Waals surface area contributed by atoms with Crippen LogP contribution in [0.25, 0.3) is 21.3 Å². The molecule has 0 radical (unpaired) electrons. The maximum absolute atomic E-state index is 13.5. The lowest BCUT2D eigenvalue weighted by atomic mass is 10.1. The molecule has 188 valence electrons. The van der Waals surface area contributed by atoms with Crippen molar-refractivity contribution in [1.82, 2.24) is 20.3 Å². The highest BCUT2D eigenvalue weighted by atomic mass is 32.1. The number of nitriles is 1. The van der Waals surface area contributed by atoms with Crippen molar-refractivity contribution in [2.75, 3.05) is 11.1 Å². The molecule has 5 aromatic rings. The zero-order valence-electron chi connectivity index (χ0n) is 19.7. The molecule has 0 spiro atoms. The third-order valence-corrected chi connectivity index (χ3v) is 6.88. The second kappa shape index (κ2) is 10.6. The lowest BCUT2D eigenvalue weighted by molar-refractivity contribution is 0.0951. The Hall–Kier alpha value is -4.95. The van der Waals surface area contributed by atoms with Crippen molar-refractivity contribution < 1.29 is 13.6 Å². The number of rotatable bonds is 7. The number of amides is 1. The van der Waals surface area contributed by atoms with Crippen molar-refractivity contribution in [3.63, 3.8) is 0 Å². The molecule has 38 heavy (non-hydrogen) atoms. The molecule has 0 unspecified atom stereocenters. The number of carbonyl (C=O) groups is 1. The van der Waals surface area contributed by atoms with Gasteiger partial charge in [0.25, 0.3) is 5.91 Å². The number of hydrogen-bond donors (Lipinski definition) is 3. The van der Waals surface area contributed by atoms with Gasteiger partial charge in [-0.15, -0.1) is 11.3 Å². The Morgan fingerprint density at radius 2 is 1.87 bits per heavy atom. The Morgan fingerprint density at radius 3 is 2.68 bits per heavy atom. The number of aromatic nitrogens is 3. The first-order valence-electron chi connectivity index (χ1n) is 11.4. The maximum Gasteiger partial charge on any atom is 0.255 e. The van der Waals surface area contributed by atoms with Gasteiger partial charge in [0.2, 0.25) is 0 Å². The van der Waals surface area contributed by atoms with E-state index in [-0.39, 0.29) is 23.5 Å². The van der Waals surface area contributed by atoms with E-state index in [0.29, 0.717) is 17.9 Å². The first-order chi connectivity index (χ1) is 18.4. The van der Waals surface area contributed by atoms with Crippen LogP contribution in [0.4, 0.5) is 20.4 Å². The van der Waals surface area contributed by atoms with E-state index < -0.39 is 17.5 Å². The van der Waals surface area contributed by atoms with Crippen LogP contribution in [0, 0.1) is 23.0 Å². The fourth-order valence-corrected chi connectivity index (χ4v) is 4.74. The Bertz CT molecular complexity index is 1710. The van der Waals surface area contributed by atoms with Crippen molar-refractivity contribution >= 4 is 39.8 Å². The topological polar surface area (TPSA) is 130 Å². The quantitative estimate of drug-likeness (QED) is 0.271. The number of hydrogen-bond acceptors (Lipinski definition) is 8. The van der Waals surface area contributed by atoms with E-state index in [4.69, 9.17) is 5.73 Å². The largest absolute Gasteiger partial charge is 0.383 e. The highest BCUT2D eigenvalue weighted by Gasteiger charge is 2.15. The van der Waals surface area contributed by atoms with Crippen LogP contribution in [0.3, 0.4) is 0 Å². The minimum absolute atomic E-state index is 0.0259. The van der Waals surface area contributed by atoms with Crippen molar-refractivity contribution in [1.29, 1.82) is 5.26 Å². The maximum atomic E-state index is 13.5. The minimum Gasteiger partial charge on any atom is -0.383 e. The van der Waals surface area contributed by atoms with Gasteiger partial charge < -0.3 is 16.4 Å². The summed E-state index contributed by atoms with van der Waals surface area (Å²) in [5.41, 5.74) is 8.51. The molecule has 0 saturated carbocycles. The highest BCUT2D eigenvalue weighted by Crippen LogP contribution is 2.31. The summed E-state index contributed by atoms with van der Waals surface area (Å²) < 4.78 is 26.7. The smallest absolute Gasteiger partial charge is 0.255 e. The van der Waals surface area contributed by atoms with Gasteiger partial charge in [0.1, 0.15) is 24.0 Å². The van der Waals surface area contributed by atoms with Gasteiger partial charge in [-0.2, -0.15) is 5.26 Å². The first-order valence-corrected chi connectivity index (χ1v) is 12.2. The number of thiophene rings is 1. The van der Waals surface area contributed by atoms with Crippen molar-refractivity contribution in [2.45, 2.75) is 13.1 Å². The number of nitrogen functional groups attached to an aromatic ring is 1. The molecule has 2 aromatic carbocycles. The molecule has 0 saturated heterocycles. The van der Waals surface area contributed by atoms with Gasteiger partial charge in [-0.05, 0) is 53.6 Å². The predicted octanol–water partition coefficient (Wildman–Crippen LogP) is 5.03. The molecule has 3 aromatic heterocycles. The molecule has 0 aliphatic heterocycles. The van der Waals surface area contributed by atoms with Crippen molar-refractivity contribution in [3.05, 3.63) is 100 Å². The Balaban J connectivity index is 1.31. The van der Waals surface area contributed by atoms with E-state index >= 15 is 0 Å². The molecule has 4 N–H and O–H groups in total. The molecule has 5 rings (SSSR count). The van der Waals surface area contributed by atoms with E-state index in [1.54, 1.807) is 11.3 Å². The standard InChI is InChI=1S/C27H19F2N7OS/c28-21-4-1-15(8-22(21)29)11-34-27(37)20-7-16(10-30)12-32-26(20)33-13-18-3-6-24(38-18)17-2-5-23-19(9-17)25(31)36-14-35-23/h1-9,12,14H,11,13H2,(H,32,33)(H,34,37)(H2,31,35,36). The van der Waals surface area contributed by atoms with Crippen molar-refractivity contribution in [3.8, 4) is 16.5 Å². The summed E-state index contributed by atoms with van der Waals surface area (Å²) in [5.74, 6) is -1.77. The number of fused-ring (bicyclic) bond motifs is 1. The molecule has 0 bridgehead atoms. The van der Waals surface area contributed by atoms with Gasteiger partial charge >= 0.3 is 0 Å². The molecule has 3 heterocycles. The molecule has 0 aliphatic rings. The number of nitrogens with zero attached hydrogens (tertiary/aromatic N) is 4. The summed E-state index contributed by atoms with van der Waals surface area (Å²) >= 11 is 1.56. The summed E-state index contributed by atoms with van der Waals surface area (Å²) in [4.78, 5) is 27.4. The van der Waals surface area contributed by atoms with Gasteiger partial charge in [0.15, 0.2) is 11.6 Å². The first kappa shape index (κ1) is 24.7. The van der Waals surface area contributed by atoms with E-state index in [9.17, 15) is 18.8 Å². The molecular formula is C27H19F2N7OS. The van der Waals surface area contributed by atoms with Crippen LogP contribution in [-0.4, -0.2) is 20.9 Å². The molecule has 8 nitrogen and oxygen atoms in total. The normalized spacial score (nSPS) is 10.8. The Kier molecular flexibility index (Phi) is 6.88. The van der Waals surface area contributed by atoms with Crippen LogP contribution in [0.15, 0.2) is 67.1 Å². The van der Waals surface area contributed by atoms with Gasteiger partial charge in [0.05, 0.1) is 23.2 Å². The van der Waals surface area contributed by atoms with E-state index in [0.717, 1.165) is 38.4 Å². The summed E-state index contributed by atoms with van der Waals surface area (Å²) in [6.45, 7) is 0.355. The van der Waals surface area contributed by atoms with Crippen LogP contribution >= 0.6 is 11.3 Å². The van der Waals surface area contributed by atoms with Crippen LogP contribution in [0.2, 0.25) is 0 Å². The SMILES string of the molecule is N#Cc1cnc(NCc2ccc(-c3ccc4ncnc(N)c4c3)s2)c(C(=O)NCc2ccc(F)c(F)c2)c1. The van der Waals surface area contributed by atoms with Crippen LogP contribution in [-0.2, 0) is 13.1 Å². The van der Waals surface area contributed by atoms with E-state index in [2.05, 4.69) is 25.6 Å². The summed E-state index contributed by atoms with van der Waals surface area (Å²) in [6.07, 6.45) is 2.80. The number of carbonyl (C=O) groups excluding carboxylic acids is 1. The average Bonchev–Trinajstić information content (AvgIpc) is 3.41. The van der Waals surface area contributed by atoms with Gasteiger partial charge in [-0.1, -0.05) is 12.1 Å². The number of benzene rings is 2. The molecule has 0 aliphatic carbocycles. The molecule has 0 atom stereocenters. The zero-order chi connectivity index (χ0) is 26.6. The van der Waals surface area contributed by atoms with Gasteiger partial charge in [-0.3, -0.25) is 4.79 Å². The van der Waals surface area contributed by atoms with Crippen LogP contribution in [0.5, 0.6) is 0 Å². The van der Waals surface area contributed by atoms with Crippen molar-refractivity contribution in [2.24, 2.45) is 0 Å². The molecular weight excluding hydrogens is 508 g/mol. The Morgan fingerprint density at radius 1 is 1.00 bits per heavy atom. The summed E-state index contributed by atoms with van der Waals surface area (Å²) in [6, 6.07) is 16.6. The predicted molar refractivity (Wildman–Crippen MR) is 141 cm³/mol. The van der Waals surface area contributed by atoms with E-state index in [1.807, 2.05) is 36.4 Å². The number of nitrogens with one attached hydrogen (secondary N) is 2. The van der Waals surface area contributed by atoms with Crippen LogP contribution in [0.1, 0.15) is 26.4 Å². The number of pyridine rings is 1. The lowest BCUT2D eigenvalue weighted by Gasteiger charge is -2.11. The number of anilines is 2. The molecule has 11 heteroatoms. The average molecular weight is 528 g/mol. The van der Waals surface area contributed by atoms with E-state index in [1.165, 1.54) is 24.7 Å². The fraction of sp³-hybridized carbons (Fsp3) is 0.0741. The minimum atomic E-state index is -0.997. The lowest BCUT2D eigenvalue weighted by Crippen LogP contribution is -2.24. The molecule has 1 amide bonds. The Labute approximate surface area is 219 Å². The van der Waals surface area contributed by atoms with Crippen LogP contribution < -0.4 is 16.4 Å². The fourth-order valence-electron chi connectivity index (χ4n) is 3.80. The monoisotopic (exact) mass is 527 g/mol. The third-order valence-electron chi connectivity index (χ3n) is 5.74. The van der Waals surface area contributed by atoms with Gasteiger partial charge in [-0.25, -0.2) is 23.7 Å². The number of nitrogens with two attached hydrogens (primary N) is 1.